The molecule has 0 bridgehead atoms. The van der Waals surface area contributed by atoms with Gasteiger partial charge < -0.3 is 14.3 Å². The van der Waals surface area contributed by atoms with E-state index >= 15 is 0 Å². The number of aryl methyl sites for hydroxylation is 2. The van der Waals surface area contributed by atoms with Crippen molar-refractivity contribution < 1.29 is 28.3 Å². The van der Waals surface area contributed by atoms with Gasteiger partial charge in [-0.05, 0) is 38.1 Å². The van der Waals surface area contributed by atoms with Gasteiger partial charge in [0.05, 0.1) is 22.2 Å². The van der Waals surface area contributed by atoms with Gasteiger partial charge in [0.1, 0.15) is 13.7 Å². The Labute approximate surface area is 183 Å². The van der Waals surface area contributed by atoms with Crippen LogP contribution in [-0.2, 0) is 14.3 Å². The second-order valence-electron chi connectivity index (χ2n) is 6.60. The van der Waals surface area contributed by atoms with Crippen molar-refractivity contribution in [3.8, 4) is 0 Å². The molecule has 0 heterocycles. The maximum atomic E-state index is 14.7. The van der Waals surface area contributed by atoms with Crippen molar-refractivity contribution in [3.05, 3.63) is 70.8 Å². The van der Waals surface area contributed by atoms with E-state index in [4.69, 9.17) is 9.47 Å². The fraction of sp³-hybridized carbons (Fsp3) is 0.318. The molecule has 0 spiro atoms. The molecule has 0 fully saturated rings. The number of hydrogen-bond acceptors (Lipinski definition) is 6. The van der Waals surface area contributed by atoms with Gasteiger partial charge in [-0.3, -0.25) is 0 Å². The number of ether oxygens (including phenoxy) is 2. The molecule has 0 unspecified atom stereocenters. The zero-order chi connectivity index (χ0) is 22.1. The molecule has 0 aromatic heterocycles. The first-order valence-electron chi connectivity index (χ1n) is 9.18. The summed E-state index contributed by atoms with van der Waals surface area (Å²) in [7, 11) is 1.27. The molecule has 0 aliphatic heterocycles. The summed E-state index contributed by atoms with van der Waals surface area (Å²) in [6.07, 6.45) is -2.21. The predicted octanol–water partition coefficient (Wildman–Crippen LogP) is 4.42. The maximum Gasteiger partial charge on any atom is 0.338 e. The minimum atomic E-state index is -1.79. The highest BCUT2D eigenvalue weighted by atomic mass is 79.9. The lowest BCUT2D eigenvalue weighted by Gasteiger charge is -2.24. The van der Waals surface area contributed by atoms with E-state index in [1.807, 2.05) is 13.8 Å². The molecule has 2 aromatic rings. The number of esters is 2. The van der Waals surface area contributed by atoms with E-state index in [0.717, 1.165) is 17.3 Å². The average Bonchev–Trinajstić information content (AvgIpc) is 2.74. The van der Waals surface area contributed by atoms with Crippen LogP contribution in [0.2, 0.25) is 0 Å². The van der Waals surface area contributed by atoms with Crippen molar-refractivity contribution >= 4 is 34.1 Å². The molecular weight excluding hydrogens is 457 g/mol. The normalized spacial score (nSPS) is 14.0. The van der Waals surface area contributed by atoms with Crippen LogP contribution in [0.3, 0.4) is 0 Å². The van der Waals surface area contributed by atoms with Gasteiger partial charge in [0.15, 0.2) is 12.3 Å². The van der Waals surface area contributed by atoms with Crippen LogP contribution in [0.15, 0.2) is 53.7 Å². The molecule has 0 saturated heterocycles. The first-order chi connectivity index (χ1) is 14.3. The molecule has 2 rings (SSSR count). The minimum Gasteiger partial charge on any atom is -0.461 e. The van der Waals surface area contributed by atoms with E-state index in [-0.39, 0.29) is 12.2 Å². The Balaban J connectivity index is 2.07. The molecule has 30 heavy (non-hydrogen) atoms. The summed E-state index contributed by atoms with van der Waals surface area (Å²) in [6.45, 7) is 3.56. The Bertz CT molecular complexity index is 870. The largest absolute Gasteiger partial charge is 0.461 e. The van der Waals surface area contributed by atoms with Gasteiger partial charge in [0, 0.05) is 0 Å². The van der Waals surface area contributed by atoms with Crippen LogP contribution in [0, 0.1) is 13.8 Å². The average molecular weight is 480 g/mol. The third-order valence-electron chi connectivity index (χ3n) is 4.17. The summed E-state index contributed by atoms with van der Waals surface area (Å²) in [5, 5.41) is 3.40. The Morgan fingerprint density at radius 2 is 1.50 bits per heavy atom. The Hall–Kier alpha value is -2.74. The van der Waals surface area contributed by atoms with E-state index in [1.54, 1.807) is 48.5 Å². The molecule has 8 heteroatoms. The number of halogens is 2. The molecule has 0 aliphatic carbocycles. The second-order valence-corrected chi connectivity index (χ2v) is 7.77. The molecule has 0 radical (unpaired) electrons. The number of hydrogen-bond donors (Lipinski definition) is 0. The molecule has 0 amide bonds. The lowest BCUT2D eigenvalue weighted by molar-refractivity contribution is 0.00846. The van der Waals surface area contributed by atoms with Gasteiger partial charge in [-0.2, -0.15) is 0 Å². The van der Waals surface area contributed by atoms with E-state index in [0.29, 0.717) is 5.56 Å². The third kappa shape index (κ3) is 6.95. The fourth-order valence-electron chi connectivity index (χ4n) is 2.45. The summed E-state index contributed by atoms with van der Waals surface area (Å²) in [5.74, 6) is -1.27. The number of benzene rings is 2. The van der Waals surface area contributed by atoms with Gasteiger partial charge in [-0.1, -0.05) is 56.5 Å². The van der Waals surface area contributed by atoms with Gasteiger partial charge in [0.25, 0.3) is 0 Å². The molecule has 6 nitrogen and oxygen atoms in total. The molecule has 3 atom stereocenters. The van der Waals surface area contributed by atoms with Crippen molar-refractivity contribution in [2.45, 2.75) is 31.0 Å². The van der Waals surface area contributed by atoms with Crippen LogP contribution < -0.4 is 0 Å². The number of alkyl halides is 2. The monoisotopic (exact) mass is 479 g/mol. The van der Waals surface area contributed by atoms with Crippen molar-refractivity contribution in [1.29, 1.82) is 0 Å². The number of nitrogens with zero attached hydrogens (tertiary/aromatic N) is 1. The van der Waals surface area contributed by atoms with Crippen LogP contribution in [0.25, 0.3) is 0 Å². The van der Waals surface area contributed by atoms with Gasteiger partial charge in [-0.25, -0.2) is 14.0 Å². The zero-order valence-corrected chi connectivity index (χ0v) is 18.5. The van der Waals surface area contributed by atoms with Crippen LogP contribution in [0.5, 0.6) is 0 Å². The fourth-order valence-corrected chi connectivity index (χ4v) is 2.98. The zero-order valence-electron chi connectivity index (χ0n) is 16.9. The minimum absolute atomic E-state index is 0.222. The van der Waals surface area contributed by atoms with Crippen LogP contribution in [0.4, 0.5) is 4.39 Å². The molecule has 0 N–H and O–H groups in total. The highest BCUT2D eigenvalue weighted by Crippen LogP contribution is 2.19. The Morgan fingerprint density at radius 3 is 2.00 bits per heavy atom. The maximum absolute atomic E-state index is 14.7. The quantitative estimate of drug-likeness (QED) is 0.230. The van der Waals surface area contributed by atoms with Crippen molar-refractivity contribution in [2.75, 3.05) is 13.7 Å². The van der Waals surface area contributed by atoms with E-state index in [9.17, 15) is 14.0 Å². The van der Waals surface area contributed by atoms with Crippen LogP contribution >= 0.6 is 15.9 Å². The smallest absolute Gasteiger partial charge is 0.338 e. The van der Waals surface area contributed by atoms with Gasteiger partial charge in [0.2, 0.25) is 0 Å². The molecule has 160 valence electrons. The topological polar surface area (TPSA) is 74.2 Å². The molecule has 2 aromatic carbocycles. The van der Waals surface area contributed by atoms with Crippen molar-refractivity contribution in [2.24, 2.45) is 5.16 Å². The van der Waals surface area contributed by atoms with E-state index in [2.05, 4.69) is 25.9 Å². The summed E-state index contributed by atoms with van der Waals surface area (Å²) >= 11 is 3.27. The highest BCUT2D eigenvalue weighted by molar-refractivity contribution is 9.09. The van der Waals surface area contributed by atoms with Crippen molar-refractivity contribution in [3.63, 3.8) is 0 Å². The molecular formula is C22H23BrFNO5. The van der Waals surface area contributed by atoms with Crippen LogP contribution in [0.1, 0.15) is 31.8 Å². The Morgan fingerprint density at radius 1 is 1.00 bits per heavy atom. The molecule has 0 saturated carbocycles. The summed E-state index contributed by atoms with van der Waals surface area (Å²) < 4.78 is 25.3. The lowest BCUT2D eigenvalue weighted by atomic mass is 10.1. The molecule has 0 aliphatic rings. The summed E-state index contributed by atoms with van der Waals surface area (Å²) in [4.78, 5) is 28.3. The highest BCUT2D eigenvalue weighted by Gasteiger charge is 2.32. The van der Waals surface area contributed by atoms with Gasteiger partial charge in [-0.15, -0.1) is 0 Å². The van der Waals surface area contributed by atoms with E-state index < -0.39 is 29.0 Å². The predicted molar refractivity (Wildman–Crippen MR) is 115 cm³/mol. The number of carbonyl (C=O) groups is 2. The second kappa shape index (κ2) is 11.4. The summed E-state index contributed by atoms with van der Waals surface area (Å²) in [5.41, 5.74) is 2.62. The van der Waals surface area contributed by atoms with E-state index in [1.165, 1.54) is 7.11 Å². The number of oxime groups is 1. The Kier molecular flexibility index (Phi) is 8.98. The van der Waals surface area contributed by atoms with Crippen molar-refractivity contribution in [1.82, 2.24) is 0 Å². The number of rotatable bonds is 9. The van der Waals surface area contributed by atoms with Crippen LogP contribution in [-0.4, -0.2) is 49.0 Å². The summed E-state index contributed by atoms with van der Waals surface area (Å²) in [6, 6.07) is 13.5. The lowest BCUT2D eigenvalue weighted by Crippen LogP contribution is -2.39. The SMILES string of the molecule is CO/N=C\[C@@H](F)[C@H](OC(=O)c1ccc(C)cc1)[C@@H](Br)COC(=O)c1ccc(C)cc1. The third-order valence-corrected chi connectivity index (χ3v) is 4.96. The standard InChI is InChI=1S/C22H23BrFNO5/c1-14-4-8-16(9-5-14)21(26)29-13-18(23)20(19(24)12-25-28-3)30-22(27)17-10-6-15(2)7-11-17/h4-12,18-20H,13H2,1-3H3/b25-12-/t18-,19+,20+/m0/s1. The van der Waals surface area contributed by atoms with Gasteiger partial charge >= 0.3 is 11.9 Å². The first-order valence-corrected chi connectivity index (χ1v) is 10.1. The first kappa shape index (κ1) is 23.5. The number of carbonyl (C=O) groups excluding carboxylic acids is 2.